The average Bonchev–Trinajstić information content (AvgIpc) is 3.38. The summed E-state index contributed by atoms with van der Waals surface area (Å²) < 4.78 is 0. The van der Waals surface area contributed by atoms with Crippen molar-refractivity contribution in [2.75, 3.05) is 31.1 Å². The summed E-state index contributed by atoms with van der Waals surface area (Å²) >= 11 is 0. The molecule has 158 valence electrons. The minimum Gasteiger partial charge on any atom is -0.379 e. The third kappa shape index (κ3) is 3.33. The van der Waals surface area contributed by atoms with Crippen LogP contribution in [-0.2, 0) is 0 Å². The number of anilines is 1. The normalized spacial score (nSPS) is 34.1. The standard InChI is InChI=1S/C20H26N4O4.ClH/c25-16-4-3-15(17(26)22-16)24-18(27)13-2-1-12(9-14(13)19(24)28)23-8-6-20(11-23)5-7-21-10-20;/h1-2,9,15-17,21-22,25-26H,3-8,10-11H2;1H. The molecule has 3 saturated heterocycles. The highest BCUT2D eigenvalue weighted by molar-refractivity contribution is 6.22. The van der Waals surface area contributed by atoms with Gasteiger partial charge in [0, 0.05) is 30.7 Å². The lowest BCUT2D eigenvalue weighted by Crippen LogP contribution is -2.58. The first-order valence-electron chi connectivity index (χ1n) is 10.1. The Morgan fingerprint density at radius 1 is 1.07 bits per heavy atom. The molecule has 0 radical (unpaired) electrons. The van der Waals surface area contributed by atoms with Gasteiger partial charge in [0.05, 0.1) is 17.2 Å². The number of fused-ring (bicyclic) bond motifs is 1. The Balaban J connectivity index is 0.00000205. The highest BCUT2D eigenvalue weighted by Crippen LogP contribution is 2.39. The van der Waals surface area contributed by atoms with Crippen molar-refractivity contribution in [3.05, 3.63) is 29.3 Å². The SMILES string of the molecule is Cl.O=C1c2ccc(N3CCC4(CCNC4)C3)cc2C(=O)N1C1CCC(O)NC1O. The van der Waals surface area contributed by atoms with Gasteiger partial charge in [-0.25, -0.2) is 0 Å². The zero-order chi connectivity index (χ0) is 19.5. The highest BCUT2D eigenvalue weighted by atomic mass is 35.5. The van der Waals surface area contributed by atoms with Gasteiger partial charge in [-0.15, -0.1) is 12.4 Å². The lowest BCUT2D eigenvalue weighted by atomic mass is 9.86. The zero-order valence-corrected chi connectivity index (χ0v) is 17.0. The van der Waals surface area contributed by atoms with Crippen LogP contribution in [0.1, 0.15) is 46.4 Å². The van der Waals surface area contributed by atoms with Crippen LogP contribution >= 0.6 is 12.4 Å². The maximum Gasteiger partial charge on any atom is 0.262 e. The fraction of sp³-hybridized carbons (Fsp3) is 0.600. The molecule has 4 aliphatic heterocycles. The molecule has 4 aliphatic rings. The summed E-state index contributed by atoms with van der Waals surface area (Å²) in [5.41, 5.74) is 2.10. The predicted molar refractivity (Wildman–Crippen MR) is 109 cm³/mol. The summed E-state index contributed by atoms with van der Waals surface area (Å²) in [5, 5.41) is 25.9. The van der Waals surface area contributed by atoms with Gasteiger partial charge in [-0.05, 0) is 50.4 Å². The molecule has 4 unspecified atom stereocenters. The van der Waals surface area contributed by atoms with Gasteiger partial charge >= 0.3 is 0 Å². The number of imide groups is 1. The number of nitrogens with one attached hydrogen (secondary N) is 2. The van der Waals surface area contributed by atoms with E-state index in [4.69, 9.17) is 0 Å². The van der Waals surface area contributed by atoms with E-state index in [0.29, 0.717) is 29.4 Å². The van der Waals surface area contributed by atoms with E-state index in [1.807, 2.05) is 12.1 Å². The van der Waals surface area contributed by atoms with Gasteiger partial charge in [0.1, 0.15) is 12.5 Å². The molecule has 3 fully saturated rings. The summed E-state index contributed by atoms with van der Waals surface area (Å²) in [5.74, 6) is -0.729. The number of halogens is 1. The molecule has 1 spiro atoms. The summed E-state index contributed by atoms with van der Waals surface area (Å²) in [7, 11) is 0. The third-order valence-corrected chi connectivity index (χ3v) is 6.83. The molecule has 5 rings (SSSR count). The Bertz CT molecular complexity index is 829. The number of carbonyl (C=O) groups is 2. The van der Waals surface area contributed by atoms with Crippen LogP contribution in [0.5, 0.6) is 0 Å². The fourth-order valence-corrected chi connectivity index (χ4v) is 5.19. The summed E-state index contributed by atoms with van der Waals surface area (Å²) in [6.45, 7) is 4.02. The number of rotatable bonds is 2. The van der Waals surface area contributed by atoms with E-state index in [9.17, 15) is 19.8 Å². The van der Waals surface area contributed by atoms with E-state index in [1.54, 1.807) is 6.07 Å². The lowest BCUT2D eigenvalue weighted by molar-refractivity contribution is -0.0413. The van der Waals surface area contributed by atoms with Crippen LogP contribution in [-0.4, -0.2) is 71.6 Å². The molecule has 29 heavy (non-hydrogen) atoms. The average molecular weight is 423 g/mol. The van der Waals surface area contributed by atoms with Crippen molar-refractivity contribution in [3.8, 4) is 0 Å². The Morgan fingerprint density at radius 2 is 1.86 bits per heavy atom. The number of carbonyl (C=O) groups excluding carboxylic acids is 2. The molecule has 4 N–H and O–H groups in total. The van der Waals surface area contributed by atoms with Crippen molar-refractivity contribution < 1.29 is 19.8 Å². The Morgan fingerprint density at radius 3 is 2.59 bits per heavy atom. The Kier molecular flexibility index (Phi) is 5.33. The predicted octanol–water partition coefficient (Wildman–Crippen LogP) is 0.283. The van der Waals surface area contributed by atoms with Crippen molar-refractivity contribution in [3.63, 3.8) is 0 Å². The number of hydrogen-bond acceptors (Lipinski definition) is 7. The first-order valence-corrected chi connectivity index (χ1v) is 10.1. The van der Waals surface area contributed by atoms with Gasteiger partial charge in [0.15, 0.2) is 0 Å². The maximum absolute atomic E-state index is 13.0. The van der Waals surface area contributed by atoms with Crippen LogP contribution < -0.4 is 15.5 Å². The summed E-state index contributed by atoms with van der Waals surface area (Å²) in [6.07, 6.45) is 1.12. The minimum absolute atomic E-state index is 0. The molecule has 0 aromatic heterocycles. The van der Waals surface area contributed by atoms with E-state index < -0.39 is 18.5 Å². The summed E-state index contributed by atoms with van der Waals surface area (Å²) in [6, 6.07) is 4.82. The first-order chi connectivity index (χ1) is 13.5. The number of piperidine rings is 1. The van der Waals surface area contributed by atoms with Gasteiger partial charge < -0.3 is 20.4 Å². The van der Waals surface area contributed by atoms with Gasteiger partial charge in [0.25, 0.3) is 11.8 Å². The molecule has 1 aromatic carbocycles. The topological polar surface area (TPSA) is 105 Å². The molecule has 9 heteroatoms. The largest absolute Gasteiger partial charge is 0.379 e. The van der Waals surface area contributed by atoms with Crippen molar-refractivity contribution in [1.82, 2.24) is 15.5 Å². The van der Waals surface area contributed by atoms with Crippen LogP contribution in [0.2, 0.25) is 0 Å². The van der Waals surface area contributed by atoms with Crippen molar-refractivity contribution in [2.24, 2.45) is 5.41 Å². The van der Waals surface area contributed by atoms with E-state index in [0.717, 1.165) is 43.2 Å². The lowest BCUT2D eigenvalue weighted by Gasteiger charge is -2.36. The van der Waals surface area contributed by atoms with Crippen molar-refractivity contribution >= 4 is 29.9 Å². The molecule has 0 saturated carbocycles. The van der Waals surface area contributed by atoms with E-state index in [2.05, 4.69) is 15.5 Å². The second-order valence-electron chi connectivity index (χ2n) is 8.58. The number of benzene rings is 1. The fourth-order valence-electron chi connectivity index (χ4n) is 5.19. The Hall–Kier alpha value is -1.71. The summed E-state index contributed by atoms with van der Waals surface area (Å²) in [4.78, 5) is 29.3. The molecular formula is C20H27ClN4O4. The maximum atomic E-state index is 13.0. The number of aliphatic hydroxyl groups excluding tert-OH is 2. The highest BCUT2D eigenvalue weighted by Gasteiger charge is 2.45. The second kappa shape index (κ2) is 7.52. The van der Waals surface area contributed by atoms with Crippen LogP contribution in [0.4, 0.5) is 5.69 Å². The number of aliphatic hydroxyl groups is 2. The van der Waals surface area contributed by atoms with Gasteiger partial charge in [-0.2, -0.15) is 0 Å². The van der Waals surface area contributed by atoms with Crippen LogP contribution in [0.15, 0.2) is 18.2 Å². The van der Waals surface area contributed by atoms with E-state index in [1.165, 1.54) is 6.42 Å². The second-order valence-corrected chi connectivity index (χ2v) is 8.58. The van der Waals surface area contributed by atoms with Gasteiger partial charge in [-0.1, -0.05) is 0 Å². The molecule has 2 amide bonds. The van der Waals surface area contributed by atoms with Crippen LogP contribution in [0.3, 0.4) is 0 Å². The van der Waals surface area contributed by atoms with Gasteiger partial charge in [0.2, 0.25) is 0 Å². The van der Waals surface area contributed by atoms with Crippen LogP contribution in [0.25, 0.3) is 0 Å². The Labute approximate surface area is 175 Å². The molecule has 1 aromatic rings. The van der Waals surface area contributed by atoms with E-state index in [-0.39, 0.29) is 24.2 Å². The molecule has 8 nitrogen and oxygen atoms in total. The number of nitrogens with zero attached hydrogens (tertiary/aromatic N) is 2. The van der Waals surface area contributed by atoms with Crippen LogP contribution in [0, 0.1) is 5.41 Å². The molecule has 4 heterocycles. The first kappa shape index (κ1) is 20.6. The number of hydrogen-bond donors (Lipinski definition) is 4. The zero-order valence-electron chi connectivity index (χ0n) is 16.1. The number of amides is 2. The van der Waals surface area contributed by atoms with Crippen molar-refractivity contribution in [1.29, 1.82) is 0 Å². The third-order valence-electron chi connectivity index (χ3n) is 6.83. The van der Waals surface area contributed by atoms with Crippen molar-refractivity contribution in [2.45, 2.75) is 44.2 Å². The molecular weight excluding hydrogens is 396 g/mol. The monoisotopic (exact) mass is 422 g/mol. The van der Waals surface area contributed by atoms with E-state index >= 15 is 0 Å². The smallest absolute Gasteiger partial charge is 0.262 e. The molecule has 0 bridgehead atoms. The minimum atomic E-state index is -1.13. The molecule has 4 atom stereocenters. The molecule has 0 aliphatic carbocycles. The quantitative estimate of drug-likeness (QED) is 0.507. The van der Waals surface area contributed by atoms with Gasteiger partial charge in [-0.3, -0.25) is 19.8 Å².